The molecule has 1 heterocycles. The SMILES string of the molecule is C#CCOc1ccc(CCNC(=NC)NC(C)c2nc(C)c(C(=O)OCC)s2)cc1. The Bertz CT molecular complexity index is 900. The molecule has 0 aliphatic carbocycles. The number of aliphatic imine (C=N–C) groups is 1. The van der Waals surface area contributed by atoms with Crippen LogP contribution in [0.3, 0.4) is 0 Å². The number of carbonyl (C=O) groups excluding carboxylic acids is 1. The fraction of sp³-hybridized carbons (Fsp3) is 0.409. The predicted molar refractivity (Wildman–Crippen MR) is 120 cm³/mol. The first-order valence-corrected chi connectivity index (χ1v) is 10.6. The van der Waals surface area contributed by atoms with E-state index >= 15 is 0 Å². The summed E-state index contributed by atoms with van der Waals surface area (Å²) in [5.41, 5.74) is 1.86. The van der Waals surface area contributed by atoms with E-state index in [0.29, 0.717) is 29.7 Å². The van der Waals surface area contributed by atoms with Crippen LogP contribution in [0.5, 0.6) is 5.75 Å². The average molecular weight is 429 g/mol. The second-order valence-electron chi connectivity index (χ2n) is 6.44. The van der Waals surface area contributed by atoms with Crippen LogP contribution in [0.1, 0.15) is 45.8 Å². The van der Waals surface area contributed by atoms with Crippen molar-refractivity contribution in [2.75, 3.05) is 26.8 Å². The van der Waals surface area contributed by atoms with Crippen molar-refractivity contribution in [2.24, 2.45) is 4.99 Å². The number of esters is 1. The zero-order valence-corrected chi connectivity index (χ0v) is 18.6. The van der Waals surface area contributed by atoms with Gasteiger partial charge in [-0.05, 0) is 44.9 Å². The molecule has 0 aliphatic rings. The Balaban J connectivity index is 1.86. The number of hydrogen-bond acceptors (Lipinski definition) is 6. The number of thiazole rings is 1. The number of hydrogen-bond donors (Lipinski definition) is 2. The highest BCUT2D eigenvalue weighted by Gasteiger charge is 2.20. The van der Waals surface area contributed by atoms with Gasteiger partial charge < -0.3 is 20.1 Å². The topological polar surface area (TPSA) is 84.8 Å². The van der Waals surface area contributed by atoms with Crippen LogP contribution in [0.4, 0.5) is 0 Å². The zero-order chi connectivity index (χ0) is 21.9. The van der Waals surface area contributed by atoms with Crippen molar-refractivity contribution in [3.05, 3.63) is 45.4 Å². The number of aromatic nitrogens is 1. The van der Waals surface area contributed by atoms with Crippen LogP contribution in [0.15, 0.2) is 29.3 Å². The molecule has 1 aromatic heterocycles. The molecule has 8 heteroatoms. The summed E-state index contributed by atoms with van der Waals surface area (Å²) in [6, 6.07) is 7.75. The number of benzene rings is 1. The van der Waals surface area contributed by atoms with E-state index < -0.39 is 0 Å². The van der Waals surface area contributed by atoms with Gasteiger partial charge in [0.2, 0.25) is 0 Å². The molecule has 2 aromatic rings. The van der Waals surface area contributed by atoms with Gasteiger partial charge in [0.25, 0.3) is 0 Å². The van der Waals surface area contributed by atoms with Crippen LogP contribution in [0.2, 0.25) is 0 Å². The Hall–Kier alpha value is -3.05. The Morgan fingerprint density at radius 2 is 2.10 bits per heavy atom. The van der Waals surface area contributed by atoms with Crippen molar-refractivity contribution in [3.8, 4) is 18.1 Å². The first-order valence-electron chi connectivity index (χ1n) is 9.75. The molecule has 160 valence electrons. The number of rotatable bonds is 9. The Labute approximate surface area is 181 Å². The third kappa shape index (κ3) is 6.78. The van der Waals surface area contributed by atoms with E-state index in [1.165, 1.54) is 16.9 Å². The lowest BCUT2D eigenvalue weighted by Crippen LogP contribution is -2.39. The van der Waals surface area contributed by atoms with Gasteiger partial charge in [-0.25, -0.2) is 9.78 Å². The number of nitrogens with one attached hydrogen (secondary N) is 2. The second kappa shape index (κ2) is 11.8. The lowest BCUT2D eigenvalue weighted by Gasteiger charge is -2.16. The third-order valence-electron chi connectivity index (χ3n) is 4.17. The molecule has 2 rings (SSSR count). The van der Waals surface area contributed by atoms with Crippen LogP contribution < -0.4 is 15.4 Å². The maximum atomic E-state index is 12.0. The summed E-state index contributed by atoms with van der Waals surface area (Å²) in [5, 5.41) is 7.41. The maximum Gasteiger partial charge on any atom is 0.350 e. The van der Waals surface area contributed by atoms with Crippen LogP contribution in [0, 0.1) is 19.3 Å². The number of guanidine groups is 1. The minimum Gasteiger partial charge on any atom is -0.481 e. The van der Waals surface area contributed by atoms with Crippen LogP contribution in [-0.2, 0) is 11.2 Å². The van der Waals surface area contributed by atoms with Gasteiger partial charge in [0, 0.05) is 13.6 Å². The largest absolute Gasteiger partial charge is 0.481 e. The highest BCUT2D eigenvalue weighted by atomic mass is 32.1. The minimum atomic E-state index is -0.329. The number of aryl methyl sites for hydroxylation is 1. The summed E-state index contributed by atoms with van der Waals surface area (Å²) < 4.78 is 10.5. The van der Waals surface area contributed by atoms with Crippen molar-refractivity contribution in [1.29, 1.82) is 0 Å². The van der Waals surface area contributed by atoms with Crippen LogP contribution in [0.25, 0.3) is 0 Å². The van der Waals surface area contributed by atoms with Crippen molar-refractivity contribution < 1.29 is 14.3 Å². The summed E-state index contributed by atoms with van der Waals surface area (Å²) in [5.74, 6) is 3.55. The van der Waals surface area contributed by atoms with Crippen molar-refractivity contribution in [1.82, 2.24) is 15.6 Å². The van der Waals surface area contributed by atoms with Gasteiger partial charge in [0.1, 0.15) is 22.2 Å². The predicted octanol–water partition coefficient (Wildman–Crippen LogP) is 3.11. The average Bonchev–Trinajstić information content (AvgIpc) is 3.14. The van der Waals surface area contributed by atoms with E-state index in [2.05, 4.69) is 26.5 Å². The molecule has 30 heavy (non-hydrogen) atoms. The van der Waals surface area contributed by atoms with Gasteiger partial charge in [0.05, 0.1) is 18.3 Å². The molecule has 0 saturated carbocycles. The summed E-state index contributed by atoms with van der Waals surface area (Å²) in [6.07, 6.45) is 6.02. The van der Waals surface area contributed by atoms with E-state index in [-0.39, 0.29) is 18.6 Å². The quantitative estimate of drug-likeness (QED) is 0.276. The molecular weight excluding hydrogens is 400 g/mol. The number of nitrogens with zero attached hydrogens (tertiary/aromatic N) is 2. The van der Waals surface area contributed by atoms with Gasteiger partial charge >= 0.3 is 5.97 Å². The van der Waals surface area contributed by atoms with Crippen molar-refractivity contribution in [3.63, 3.8) is 0 Å². The number of ether oxygens (including phenoxy) is 2. The first-order chi connectivity index (χ1) is 14.5. The van der Waals surface area contributed by atoms with E-state index in [4.69, 9.17) is 15.9 Å². The van der Waals surface area contributed by atoms with Crippen LogP contribution in [-0.4, -0.2) is 43.7 Å². The molecular formula is C22H28N4O3S. The lowest BCUT2D eigenvalue weighted by molar-refractivity contribution is 0.0531. The van der Waals surface area contributed by atoms with Crippen LogP contribution >= 0.6 is 11.3 Å². The highest BCUT2D eigenvalue weighted by molar-refractivity contribution is 7.13. The molecule has 1 atom stereocenters. The van der Waals surface area contributed by atoms with E-state index in [0.717, 1.165) is 17.2 Å². The smallest absolute Gasteiger partial charge is 0.350 e. The summed E-state index contributed by atoms with van der Waals surface area (Å²) in [6.45, 7) is 6.90. The highest BCUT2D eigenvalue weighted by Crippen LogP contribution is 2.24. The second-order valence-corrected chi connectivity index (χ2v) is 7.47. The van der Waals surface area contributed by atoms with Crippen molar-refractivity contribution >= 4 is 23.3 Å². The third-order valence-corrected chi connectivity index (χ3v) is 5.49. The van der Waals surface area contributed by atoms with Gasteiger partial charge in [0.15, 0.2) is 5.96 Å². The normalized spacial score (nSPS) is 12.0. The molecule has 0 aliphatic heterocycles. The molecule has 0 radical (unpaired) electrons. The van der Waals surface area contributed by atoms with Crippen molar-refractivity contribution in [2.45, 2.75) is 33.2 Å². The fourth-order valence-electron chi connectivity index (χ4n) is 2.65. The lowest BCUT2D eigenvalue weighted by atomic mass is 10.1. The molecule has 2 N–H and O–H groups in total. The maximum absolute atomic E-state index is 12.0. The summed E-state index contributed by atoms with van der Waals surface area (Å²) in [4.78, 5) is 21.3. The molecule has 0 saturated heterocycles. The molecule has 1 aromatic carbocycles. The minimum absolute atomic E-state index is 0.101. The van der Waals surface area contributed by atoms with Gasteiger partial charge in [-0.15, -0.1) is 17.8 Å². The molecule has 0 amide bonds. The Morgan fingerprint density at radius 1 is 1.37 bits per heavy atom. The standard InChI is InChI=1S/C22H28N4O3S/c1-6-14-29-18-10-8-17(9-11-18)12-13-24-22(23-5)26-16(4)20-25-15(3)19(30-20)21(27)28-7-2/h1,8-11,16H,7,12-14H2,2-5H3,(H2,23,24,26). The molecule has 1 unspecified atom stereocenters. The van der Waals surface area contributed by atoms with E-state index in [9.17, 15) is 4.79 Å². The Morgan fingerprint density at radius 3 is 2.73 bits per heavy atom. The molecule has 7 nitrogen and oxygen atoms in total. The summed E-state index contributed by atoms with van der Waals surface area (Å²) >= 11 is 1.34. The van der Waals surface area contributed by atoms with Gasteiger partial charge in [-0.3, -0.25) is 4.99 Å². The molecule has 0 fully saturated rings. The summed E-state index contributed by atoms with van der Waals surface area (Å²) in [7, 11) is 1.72. The van der Waals surface area contributed by atoms with E-state index in [1.54, 1.807) is 14.0 Å². The van der Waals surface area contributed by atoms with Gasteiger partial charge in [-0.2, -0.15) is 0 Å². The monoisotopic (exact) mass is 428 g/mol. The van der Waals surface area contributed by atoms with Gasteiger partial charge in [-0.1, -0.05) is 18.1 Å². The van der Waals surface area contributed by atoms with E-state index in [1.807, 2.05) is 38.1 Å². The fourth-order valence-corrected chi connectivity index (χ4v) is 3.62. The molecule has 0 bridgehead atoms. The molecule has 0 spiro atoms. The zero-order valence-electron chi connectivity index (χ0n) is 17.8. The Kier molecular flexibility index (Phi) is 9.16. The number of terminal acetylenes is 1. The first kappa shape index (κ1) is 23.2. The number of carbonyl (C=O) groups is 1.